The zero-order valence-corrected chi connectivity index (χ0v) is 14.4. The monoisotopic (exact) mass is 327 g/mol. The van der Waals surface area contributed by atoms with Crippen LogP contribution in [0, 0.1) is 11.3 Å². The van der Waals surface area contributed by atoms with Crippen LogP contribution in [0.5, 0.6) is 0 Å². The lowest BCUT2D eigenvalue weighted by Crippen LogP contribution is -2.45. The van der Waals surface area contributed by atoms with Crippen molar-refractivity contribution in [3.8, 4) is 0 Å². The van der Waals surface area contributed by atoms with Gasteiger partial charge in [-0.1, -0.05) is 24.8 Å². The van der Waals surface area contributed by atoms with E-state index >= 15 is 0 Å². The van der Waals surface area contributed by atoms with Crippen molar-refractivity contribution in [3.63, 3.8) is 0 Å². The van der Waals surface area contributed by atoms with E-state index in [1.165, 1.54) is 4.31 Å². The first kappa shape index (κ1) is 18.6. The van der Waals surface area contributed by atoms with Crippen molar-refractivity contribution in [2.24, 2.45) is 11.3 Å². The van der Waals surface area contributed by atoms with Crippen LogP contribution in [0.2, 0.25) is 0 Å². The first-order valence-electron chi connectivity index (χ1n) is 7.27. The molecule has 0 radical (unpaired) electrons. The van der Waals surface area contributed by atoms with Gasteiger partial charge < -0.3 is 5.11 Å². The Morgan fingerprint density at radius 1 is 1.55 bits per heavy atom. The van der Waals surface area contributed by atoms with Gasteiger partial charge in [-0.3, -0.25) is 13.7 Å². The molecule has 0 aromatic carbocycles. The molecule has 5 nitrogen and oxygen atoms in total. The van der Waals surface area contributed by atoms with Crippen molar-refractivity contribution >= 4 is 17.2 Å². The van der Waals surface area contributed by atoms with Crippen LogP contribution in [-0.4, -0.2) is 30.2 Å². The minimum Gasteiger partial charge on any atom is -0.481 e. The molecule has 6 heteroatoms. The maximum atomic E-state index is 11.8. The second kappa shape index (κ2) is 7.24. The lowest BCUT2D eigenvalue weighted by molar-refractivity contribution is -0.148. The molecule has 1 saturated heterocycles. The van der Waals surface area contributed by atoms with Crippen molar-refractivity contribution in [2.45, 2.75) is 46.6 Å². The third-order valence-corrected chi connectivity index (χ3v) is 5.08. The molecule has 1 aliphatic heterocycles. The summed E-state index contributed by atoms with van der Waals surface area (Å²) in [5.41, 5.74) is 0.732. The minimum atomic E-state index is -2.15. The van der Waals surface area contributed by atoms with Gasteiger partial charge in [0.2, 0.25) is 0 Å². The van der Waals surface area contributed by atoms with Crippen LogP contribution in [0.15, 0.2) is 36.1 Å². The first-order chi connectivity index (χ1) is 10.2. The predicted molar refractivity (Wildman–Crippen MR) is 88.3 cm³/mol. The van der Waals surface area contributed by atoms with Gasteiger partial charge in [-0.15, -0.1) is 0 Å². The van der Waals surface area contributed by atoms with Gasteiger partial charge in [-0.2, -0.15) is 0 Å². The Hall–Kier alpha value is -1.40. The SMILES string of the molecule is C=C/C=C1/C[C@@H](CC(C)(C)C(=O)O)[C@@H](C)N(S(=O)O)/C1=C/C. The van der Waals surface area contributed by atoms with Crippen LogP contribution in [0.3, 0.4) is 0 Å². The molecule has 0 aromatic heterocycles. The quantitative estimate of drug-likeness (QED) is 0.759. The molecule has 124 valence electrons. The summed E-state index contributed by atoms with van der Waals surface area (Å²) in [5, 5.41) is 9.34. The number of aliphatic carboxylic acids is 1. The Balaban J connectivity index is 3.21. The Morgan fingerprint density at radius 3 is 2.55 bits per heavy atom. The third kappa shape index (κ3) is 3.87. The molecule has 0 saturated carbocycles. The molecular weight excluding hydrogens is 302 g/mol. The van der Waals surface area contributed by atoms with Crippen molar-refractivity contribution in [2.75, 3.05) is 0 Å². The van der Waals surface area contributed by atoms with E-state index in [0.29, 0.717) is 18.5 Å². The molecule has 1 rings (SSSR count). The van der Waals surface area contributed by atoms with E-state index in [1.807, 2.05) is 19.9 Å². The fourth-order valence-corrected chi connectivity index (χ4v) is 3.78. The summed E-state index contributed by atoms with van der Waals surface area (Å²) in [4.78, 5) is 11.4. The van der Waals surface area contributed by atoms with E-state index in [0.717, 1.165) is 5.57 Å². The van der Waals surface area contributed by atoms with E-state index in [9.17, 15) is 18.7 Å². The van der Waals surface area contributed by atoms with Crippen molar-refractivity contribution in [3.05, 3.63) is 36.1 Å². The zero-order valence-electron chi connectivity index (χ0n) is 13.6. The summed E-state index contributed by atoms with van der Waals surface area (Å²) in [5.74, 6) is -0.889. The highest BCUT2D eigenvalue weighted by molar-refractivity contribution is 7.76. The highest BCUT2D eigenvalue weighted by atomic mass is 32.2. The Bertz CT molecular complexity index is 536. The van der Waals surface area contributed by atoms with Crippen LogP contribution >= 0.6 is 0 Å². The van der Waals surface area contributed by atoms with Gasteiger partial charge in [-0.05, 0) is 52.0 Å². The molecular formula is C16H25NO4S. The molecule has 0 bridgehead atoms. The summed E-state index contributed by atoms with van der Waals surface area (Å²) in [6, 6.07) is -0.224. The maximum absolute atomic E-state index is 11.8. The second-order valence-corrected chi connectivity index (χ2v) is 7.11. The van der Waals surface area contributed by atoms with Gasteiger partial charge in [0.15, 0.2) is 0 Å². The van der Waals surface area contributed by atoms with E-state index < -0.39 is 22.7 Å². The molecule has 0 aromatic rings. The third-order valence-electron chi connectivity index (χ3n) is 4.21. The molecule has 1 heterocycles. The number of nitrogens with zero attached hydrogens (tertiary/aromatic N) is 1. The van der Waals surface area contributed by atoms with E-state index in [2.05, 4.69) is 6.58 Å². The lowest BCUT2D eigenvalue weighted by Gasteiger charge is -2.43. The number of carboxylic acids is 1. The molecule has 0 amide bonds. The predicted octanol–water partition coefficient (Wildman–Crippen LogP) is 3.35. The molecule has 22 heavy (non-hydrogen) atoms. The van der Waals surface area contributed by atoms with Crippen molar-refractivity contribution in [1.29, 1.82) is 0 Å². The summed E-state index contributed by atoms with van der Waals surface area (Å²) in [6.07, 6.45) is 6.37. The largest absolute Gasteiger partial charge is 0.481 e. The lowest BCUT2D eigenvalue weighted by atomic mass is 9.75. The number of rotatable bonds is 5. The summed E-state index contributed by atoms with van der Waals surface area (Å²) in [6.45, 7) is 10.7. The summed E-state index contributed by atoms with van der Waals surface area (Å²) < 4.78 is 22.8. The summed E-state index contributed by atoms with van der Waals surface area (Å²) in [7, 11) is 0. The molecule has 1 unspecified atom stereocenters. The van der Waals surface area contributed by atoms with Crippen molar-refractivity contribution < 1.29 is 18.7 Å². The van der Waals surface area contributed by atoms with Gasteiger partial charge in [0.05, 0.1) is 11.1 Å². The van der Waals surface area contributed by atoms with Gasteiger partial charge >= 0.3 is 5.97 Å². The number of hydrogen-bond donors (Lipinski definition) is 2. The zero-order chi connectivity index (χ0) is 17.1. The highest BCUT2D eigenvalue weighted by Gasteiger charge is 2.40. The second-order valence-electron chi connectivity index (χ2n) is 6.26. The van der Waals surface area contributed by atoms with E-state index in [-0.39, 0.29) is 12.0 Å². The molecule has 0 aliphatic carbocycles. The van der Waals surface area contributed by atoms with Crippen LogP contribution in [0.25, 0.3) is 0 Å². The van der Waals surface area contributed by atoms with Crippen LogP contribution in [0.4, 0.5) is 0 Å². The number of carbonyl (C=O) groups is 1. The van der Waals surface area contributed by atoms with Gasteiger partial charge in [0, 0.05) is 6.04 Å². The van der Waals surface area contributed by atoms with Crippen LogP contribution in [-0.2, 0) is 16.1 Å². The molecule has 2 N–H and O–H groups in total. The number of allylic oxidation sites excluding steroid dienone is 4. The number of hydrogen-bond acceptors (Lipinski definition) is 2. The van der Waals surface area contributed by atoms with E-state index in [4.69, 9.17) is 0 Å². The minimum absolute atomic E-state index is 0.0305. The molecule has 0 spiro atoms. The van der Waals surface area contributed by atoms with Crippen LogP contribution in [0.1, 0.15) is 40.5 Å². The van der Waals surface area contributed by atoms with Crippen molar-refractivity contribution in [1.82, 2.24) is 4.31 Å². The first-order valence-corrected chi connectivity index (χ1v) is 8.34. The highest BCUT2D eigenvalue weighted by Crippen LogP contribution is 2.41. The molecule has 1 aliphatic rings. The standard InChI is InChI=1S/C16H25NO4S/c1-6-8-12-9-13(10-16(4,5)15(18)19)11(3)17(22(20)21)14(12)7-2/h6-8,11,13H,1,9-10H2,2-5H3,(H,18,19)(H,20,21)/b12-8-,14-7+/t11-,13+/m1/s1. The smallest absolute Gasteiger partial charge is 0.309 e. The van der Waals surface area contributed by atoms with Crippen LogP contribution < -0.4 is 0 Å². The molecule has 3 atom stereocenters. The van der Waals surface area contributed by atoms with Gasteiger partial charge in [-0.25, -0.2) is 4.21 Å². The summed E-state index contributed by atoms with van der Waals surface area (Å²) >= 11 is -2.15. The average molecular weight is 327 g/mol. The Kier molecular flexibility index (Phi) is 6.14. The fraction of sp³-hybridized carbons (Fsp3) is 0.562. The molecule has 1 fully saturated rings. The fourth-order valence-electron chi connectivity index (χ4n) is 2.93. The van der Waals surface area contributed by atoms with Gasteiger partial charge in [0.1, 0.15) is 0 Å². The normalized spacial score (nSPS) is 28.0. The van der Waals surface area contributed by atoms with Gasteiger partial charge in [0.25, 0.3) is 11.3 Å². The number of carboxylic acid groups (broad SMARTS) is 1. The Morgan fingerprint density at radius 2 is 2.14 bits per heavy atom. The average Bonchev–Trinajstić information content (AvgIpc) is 2.41. The van der Waals surface area contributed by atoms with E-state index in [1.54, 1.807) is 26.0 Å². The maximum Gasteiger partial charge on any atom is 0.309 e. The number of piperidine rings is 1. The Labute approximate surface area is 134 Å². The topological polar surface area (TPSA) is 77.8 Å².